The number of fused-ring (bicyclic) bond motifs is 9. The molecule has 1 nitrogen and oxygen atoms in total. The van der Waals surface area contributed by atoms with E-state index in [1.165, 1.54) is 32.1 Å². The third kappa shape index (κ3) is 1.26. The second-order valence-corrected chi connectivity index (χ2v) is 6.71. The van der Waals surface area contributed by atoms with Gasteiger partial charge in [-0.05, 0) is 73.7 Å². The number of hydrogen-bond donors (Lipinski definition) is 0. The van der Waals surface area contributed by atoms with Gasteiger partial charge in [-0.15, -0.1) is 0 Å². The van der Waals surface area contributed by atoms with Crippen LogP contribution in [0.15, 0.2) is 25.0 Å². The molecule has 0 aromatic carbocycles. The molecule has 4 fully saturated rings. The lowest BCUT2D eigenvalue weighted by atomic mass is 9.70. The van der Waals surface area contributed by atoms with Gasteiger partial charge >= 0.3 is 0 Å². The molecule has 0 spiro atoms. The predicted octanol–water partition coefficient (Wildman–Crippen LogP) is 3.77. The quantitative estimate of drug-likeness (QED) is 0.407. The minimum atomic E-state index is 0.464. The molecule has 0 aromatic heterocycles. The molecule has 0 saturated heterocycles. The topological polar surface area (TPSA) is 9.23 Å². The zero-order chi connectivity index (χ0) is 11.6. The zero-order valence-corrected chi connectivity index (χ0v) is 10.5. The molecular weight excluding hydrogens is 208 g/mol. The Balaban J connectivity index is 1.55. The van der Waals surface area contributed by atoms with Crippen molar-refractivity contribution < 1.29 is 4.74 Å². The van der Waals surface area contributed by atoms with Crippen LogP contribution in [-0.4, -0.2) is 6.10 Å². The molecule has 1 heteroatoms. The van der Waals surface area contributed by atoms with E-state index in [1.54, 1.807) is 6.08 Å². The molecule has 0 radical (unpaired) electrons. The van der Waals surface area contributed by atoms with Crippen LogP contribution in [0, 0.1) is 35.5 Å². The molecule has 0 heterocycles. The lowest BCUT2D eigenvalue weighted by Crippen LogP contribution is -2.36. The van der Waals surface area contributed by atoms with Crippen molar-refractivity contribution in [2.45, 2.75) is 38.2 Å². The molecule has 92 valence electrons. The summed E-state index contributed by atoms with van der Waals surface area (Å²) in [5.41, 5.74) is 0. The summed E-state index contributed by atoms with van der Waals surface area (Å²) in [6.45, 7) is 7.66. The van der Waals surface area contributed by atoms with E-state index in [0.717, 1.165) is 41.3 Å². The number of rotatable bonds is 3. The Labute approximate surface area is 104 Å². The molecule has 4 bridgehead atoms. The van der Waals surface area contributed by atoms with Gasteiger partial charge in [0.2, 0.25) is 0 Å². The minimum absolute atomic E-state index is 0.464. The van der Waals surface area contributed by atoms with E-state index in [0.29, 0.717) is 6.10 Å². The predicted molar refractivity (Wildman–Crippen MR) is 68.2 cm³/mol. The normalized spacial score (nSPS) is 53.8. The average Bonchev–Trinajstić information content (AvgIpc) is 3.06. The standard InChI is InChI=1S/C16H22O/c1-3-9(2)17-14-8-12-7-13(14)16-11-5-4-10(6-11)15(12)16/h3,10-16H,1-2,4-8H2. The monoisotopic (exact) mass is 230 g/mol. The van der Waals surface area contributed by atoms with Gasteiger partial charge in [-0.2, -0.15) is 0 Å². The molecule has 0 N–H and O–H groups in total. The summed E-state index contributed by atoms with van der Waals surface area (Å²) in [4.78, 5) is 0. The summed E-state index contributed by atoms with van der Waals surface area (Å²) in [6.07, 6.45) is 9.52. The lowest BCUT2D eigenvalue weighted by molar-refractivity contribution is 0.0102. The number of hydrogen-bond acceptors (Lipinski definition) is 1. The molecular formula is C16H22O. The van der Waals surface area contributed by atoms with E-state index in [1.807, 2.05) is 0 Å². The Morgan fingerprint density at radius 3 is 2.53 bits per heavy atom. The Morgan fingerprint density at radius 1 is 1.00 bits per heavy atom. The SMILES string of the molecule is C=CC(=C)OC1CC2CC1C1C3CCC(C3)C21. The van der Waals surface area contributed by atoms with Gasteiger partial charge in [-0.1, -0.05) is 13.2 Å². The van der Waals surface area contributed by atoms with Crippen molar-refractivity contribution in [1.82, 2.24) is 0 Å². The molecule has 4 aliphatic rings. The highest BCUT2D eigenvalue weighted by Crippen LogP contribution is 2.67. The van der Waals surface area contributed by atoms with Gasteiger partial charge in [0.05, 0.1) is 0 Å². The fourth-order valence-corrected chi connectivity index (χ4v) is 5.88. The molecule has 7 unspecified atom stereocenters. The summed E-state index contributed by atoms with van der Waals surface area (Å²) in [6, 6.07) is 0. The van der Waals surface area contributed by atoms with Gasteiger partial charge < -0.3 is 4.74 Å². The molecule has 4 aliphatic carbocycles. The van der Waals surface area contributed by atoms with E-state index in [9.17, 15) is 0 Å². The molecule has 7 atom stereocenters. The maximum absolute atomic E-state index is 6.00. The fraction of sp³-hybridized carbons (Fsp3) is 0.750. The van der Waals surface area contributed by atoms with Crippen LogP contribution >= 0.6 is 0 Å². The highest BCUT2D eigenvalue weighted by atomic mass is 16.5. The van der Waals surface area contributed by atoms with Crippen molar-refractivity contribution >= 4 is 0 Å². The fourth-order valence-electron chi connectivity index (χ4n) is 5.88. The average molecular weight is 230 g/mol. The first-order valence-corrected chi connectivity index (χ1v) is 7.26. The van der Waals surface area contributed by atoms with Crippen LogP contribution in [0.4, 0.5) is 0 Å². The van der Waals surface area contributed by atoms with Crippen LogP contribution in [-0.2, 0) is 4.74 Å². The largest absolute Gasteiger partial charge is 0.491 e. The highest BCUT2D eigenvalue weighted by Gasteiger charge is 2.62. The Bertz CT molecular complexity index is 372. The summed E-state index contributed by atoms with van der Waals surface area (Å²) in [5, 5.41) is 0. The summed E-state index contributed by atoms with van der Waals surface area (Å²) in [7, 11) is 0. The Morgan fingerprint density at radius 2 is 1.76 bits per heavy atom. The van der Waals surface area contributed by atoms with Gasteiger partial charge in [0, 0.05) is 0 Å². The molecule has 0 amide bonds. The van der Waals surface area contributed by atoms with Crippen molar-refractivity contribution in [3.05, 3.63) is 25.0 Å². The first-order chi connectivity index (χ1) is 8.28. The van der Waals surface area contributed by atoms with Crippen molar-refractivity contribution in [3.63, 3.8) is 0 Å². The Hall–Kier alpha value is -0.720. The second-order valence-electron chi connectivity index (χ2n) is 6.71. The Kier molecular flexibility index (Phi) is 2.04. The first-order valence-electron chi connectivity index (χ1n) is 7.26. The second kappa shape index (κ2) is 3.40. The van der Waals surface area contributed by atoms with Gasteiger partial charge in [0.15, 0.2) is 0 Å². The molecule has 4 saturated carbocycles. The molecule has 0 aliphatic heterocycles. The third-order valence-electron chi connectivity index (χ3n) is 6.20. The van der Waals surface area contributed by atoms with Crippen molar-refractivity contribution in [2.24, 2.45) is 35.5 Å². The molecule has 4 rings (SSSR count). The van der Waals surface area contributed by atoms with Crippen molar-refractivity contribution in [3.8, 4) is 0 Å². The number of ether oxygens (including phenoxy) is 1. The maximum atomic E-state index is 6.00. The lowest BCUT2D eigenvalue weighted by Gasteiger charge is -2.38. The van der Waals surface area contributed by atoms with Crippen LogP contribution in [0.5, 0.6) is 0 Å². The maximum Gasteiger partial charge on any atom is 0.111 e. The van der Waals surface area contributed by atoms with Gasteiger partial charge in [0.1, 0.15) is 11.9 Å². The van der Waals surface area contributed by atoms with E-state index < -0.39 is 0 Å². The molecule has 17 heavy (non-hydrogen) atoms. The van der Waals surface area contributed by atoms with E-state index in [2.05, 4.69) is 13.2 Å². The zero-order valence-electron chi connectivity index (χ0n) is 10.5. The van der Waals surface area contributed by atoms with Crippen LogP contribution in [0.3, 0.4) is 0 Å². The van der Waals surface area contributed by atoms with Gasteiger partial charge in [-0.25, -0.2) is 0 Å². The van der Waals surface area contributed by atoms with Crippen LogP contribution < -0.4 is 0 Å². The van der Waals surface area contributed by atoms with Gasteiger partial charge in [-0.3, -0.25) is 0 Å². The van der Waals surface area contributed by atoms with Crippen LogP contribution in [0.2, 0.25) is 0 Å². The van der Waals surface area contributed by atoms with Gasteiger partial charge in [0.25, 0.3) is 0 Å². The van der Waals surface area contributed by atoms with Crippen LogP contribution in [0.25, 0.3) is 0 Å². The summed E-state index contributed by atoms with van der Waals surface area (Å²) < 4.78 is 6.00. The van der Waals surface area contributed by atoms with Crippen molar-refractivity contribution in [1.29, 1.82) is 0 Å². The van der Waals surface area contributed by atoms with Crippen molar-refractivity contribution in [2.75, 3.05) is 0 Å². The van der Waals surface area contributed by atoms with E-state index in [4.69, 9.17) is 4.74 Å². The van der Waals surface area contributed by atoms with E-state index >= 15 is 0 Å². The van der Waals surface area contributed by atoms with Crippen LogP contribution in [0.1, 0.15) is 32.1 Å². The highest BCUT2D eigenvalue weighted by molar-refractivity contribution is 5.13. The summed E-state index contributed by atoms with van der Waals surface area (Å²) >= 11 is 0. The number of allylic oxidation sites excluding steroid dienone is 1. The first kappa shape index (κ1) is 10.2. The van der Waals surface area contributed by atoms with E-state index in [-0.39, 0.29) is 0 Å². The summed E-state index contributed by atoms with van der Waals surface area (Å²) in [5.74, 6) is 6.82. The molecule has 0 aromatic rings. The smallest absolute Gasteiger partial charge is 0.111 e. The third-order valence-corrected chi connectivity index (χ3v) is 6.20. The minimum Gasteiger partial charge on any atom is -0.491 e.